The lowest BCUT2D eigenvalue weighted by molar-refractivity contribution is -0.145. The van der Waals surface area contributed by atoms with E-state index in [9.17, 15) is 19.2 Å². The van der Waals surface area contributed by atoms with Gasteiger partial charge in [-0.3, -0.25) is 18.7 Å². The molecule has 10 heteroatoms. The van der Waals surface area contributed by atoms with Crippen LogP contribution in [0.4, 0.5) is 0 Å². The first kappa shape index (κ1) is 20.1. The van der Waals surface area contributed by atoms with Gasteiger partial charge in [0.25, 0.3) is 5.56 Å². The molecule has 3 aromatic rings. The number of ether oxygens (including phenoxy) is 1. The summed E-state index contributed by atoms with van der Waals surface area (Å²) in [6.07, 6.45) is 1.58. The van der Waals surface area contributed by atoms with E-state index in [2.05, 4.69) is 10.3 Å². The number of amides is 1. The summed E-state index contributed by atoms with van der Waals surface area (Å²) in [5.41, 5.74) is 0.107. The quantitative estimate of drug-likeness (QED) is 0.550. The fourth-order valence-corrected chi connectivity index (χ4v) is 3.10. The first-order valence-electron chi connectivity index (χ1n) is 8.85. The maximum absolute atomic E-state index is 12.6. The third kappa shape index (κ3) is 3.96. The van der Waals surface area contributed by atoms with Crippen LogP contribution in [0.25, 0.3) is 11.2 Å². The molecule has 10 nitrogen and oxygen atoms in total. The van der Waals surface area contributed by atoms with Crippen LogP contribution in [0.5, 0.6) is 0 Å². The smallest absolute Gasteiger partial charge is 0.332 e. The molecule has 1 aromatic carbocycles. The predicted octanol–water partition coefficient (Wildman–Crippen LogP) is -0.666. The third-order valence-electron chi connectivity index (χ3n) is 4.63. The van der Waals surface area contributed by atoms with Crippen molar-refractivity contribution in [3.63, 3.8) is 0 Å². The molecule has 1 N–H and O–H groups in total. The Kier molecular flexibility index (Phi) is 5.62. The third-order valence-corrected chi connectivity index (χ3v) is 4.63. The van der Waals surface area contributed by atoms with Gasteiger partial charge in [-0.2, -0.15) is 0 Å². The molecule has 0 spiro atoms. The average molecular weight is 399 g/mol. The van der Waals surface area contributed by atoms with Crippen molar-refractivity contribution in [2.75, 3.05) is 7.11 Å². The number of fused-ring (bicyclic) bond motifs is 1. The fourth-order valence-electron chi connectivity index (χ4n) is 3.10. The lowest BCUT2D eigenvalue weighted by Crippen LogP contribution is -2.44. The van der Waals surface area contributed by atoms with Gasteiger partial charge in [0, 0.05) is 20.5 Å². The van der Waals surface area contributed by atoms with Gasteiger partial charge in [-0.25, -0.2) is 14.6 Å². The van der Waals surface area contributed by atoms with Gasteiger partial charge in [-0.1, -0.05) is 30.3 Å². The number of methoxy groups -OCH3 is 1. The Bertz CT molecular complexity index is 1180. The molecule has 0 aliphatic rings. The van der Waals surface area contributed by atoms with Crippen molar-refractivity contribution in [3.8, 4) is 0 Å². The van der Waals surface area contributed by atoms with Crippen LogP contribution in [0.1, 0.15) is 5.56 Å². The van der Waals surface area contributed by atoms with E-state index in [1.54, 1.807) is 0 Å². The first-order valence-corrected chi connectivity index (χ1v) is 8.85. The Hall–Kier alpha value is -3.69. The predicted molar refractivity (Wildman–Crippen MR) is 104 cm³/mol. The Balaban J connectivity index is 1.84. The highest BCUT2D eigenvalue weighted by molar-refractivity contribution is 5.85. The van der Waals surface area contributed by atoms with Gasteiger partial charge < -0.3 is 14.6 Å². The Labute approximate surface area is 165 Å². The van der Waals surface area contributed by atoms with Gasteiger partial charge >= 0.3 is 11.7 Å². The Morgan fingerprint density at radius 1 is 1.14 bits per heavy atom. The van der Waals surface area contributed by atoms with Crippen LogP contribution in [0, 0.1) is 0 Å². The van der Waals surface area contributed by atoms with E-state index in [4.69, 9.17) is 4.74 Å². The summed E-state index contributed by atoms with van der Waals surface area (Å²) in [7, 11) is 4.10. The summed E-state index contributed by atoms with van der Waals surface area (Å²) in [6, 6.07) is 8.34. The summed E-state index contributed by atoms with van der Waals surface area (Å²) in [4.78, 5) is 53.2. The number of hydrogen-bond acceptors (Lipinski definition) is 6. The second-order valence-corrected chi connectivity index (χ2v) is 6.58. The minimum Gasteiger partial charge on any atom is -0.467 e. The minimum absolute atomic E-state index is 0.127. The summed E-state index contributed by atoms with van der Waals surface area (Å²) in [6.45, 7) is -0.244. The fraction of sp³-hybridized carbons (Fsp3) is 0.316. The number of nitrogens with one attached hydrogen (secondary N) is 1. The Morgan fingerprint density at radius 2 is 1.83 bits per heavy atom. The van der Waals surface area contributed by atoms with E-state index in [0.29, 0.717) is 0 Å². The molecule has 0 radical (unpaired) electrons. The van der Waals surface area contributed by atoms with Gasteiger partial charge in [0.1, 0.15) is 12.6 Å². The maximum atomic E-state index is 12.6. The number of benzene rings is 1. The van der Waals surface area contributed by atoms with Crippen LogP contribution in [0.15, 0.2) is 46.2 Å². The molecular formula is C19H21N5O5. The molecule has 1 atom stereocenters. The van der Waals surface area contributed by atoms with Gasteiger partial charge in [-0.15, -0.1) is 0 Å². The Morgan fingerprint density at radius 3 is 2.48 bits per heavy atom. The SMILES string of the molecule is COC(=O)[C@@H](Cc1ccccc1)NC(=O)Cn1cnc2c1c(=O)n(C)c(=O)n2C. The molecule has 0 aliphatic heterocycles. The van der Waals surface area contributed by atoms with Crippen LogP contribution in [0.2, 0.25) is 0 Å². The van der Waals surface area contributed by atoms with Crippen molar-refractivity contribution >= 4 is 23.0 Å². The largest absolute Gasteiger partial charge is 0.467 e. The summed E-state index contributed by atoms with van der Waals surface area (Å²) in [5.74, 6) is -1.07. The van der Waals surface area contributed by atoms with Crippen LogP contribution in [0.3, 0.4) is 0 Å². The molecule has 0 bridgehead atoms. The lowest BCUT2D eigenvalue weighted by atomic mass is 10.1. The van der Waals surface area contributed by atoms with Crippen molar-refractivity contribution in [2.24, 2.45) is 14.1 Å². The minimum atomic E-state index is -0.878. The number of imidazole rings is 1. The number of nitrogens with zero attached hydrogens (tertiary/aromatic N) is 4. The van der Waals surface area contributed by atoms with E-state index >= 15 is 0 Å². The number of esters is 1. The standard InChI is InChI=1S/C19H21N5O5/c1-22-16-15(17(26)23(2)19(22)28)24(11-20-16)10-14(25)21-13(18(27)29-3)9-12-7-5-4-6-8-12/h4-8,11,13H,9-10H2,1-3H3,(H,21,25)/t13-/m1/s1. The molecule has 2 aromatic heterocycles. The van der Waals surface area contributed by atoms with E-state index in [0.717, 1.165) is 10.1 Å². The van der Waals surface area contributed by atoms with Crippen molar-refractivity contribution in [1.82, 2.24) is 24.0 Å². The number of rotatable bonds is 6. The molecule has 2 heterocycles. The average Bonchev–Trinajstić information content (AvgIpc) is 3.13. The number of aromatic nitrogens is 4. The normalized spacial score (nSPS) is 12.0. The van der Waals surface area contributed by atoms with Crippen LogP contribution >= 0.6 is 0 Å². The van der Waals surface area contributed by atoms with Crippen LogP contribution < -0.4 is 16.6 Å². The second-order valence-electron chi connectivity index (χ2n) is 6.58. The summed E-state index contributed by atoms with van der Waals surface area (Å²) in [5, 5.41) is 2.64. The van der Waals surface area contributed by atoms with E-state index < -0.39 is 29.2 Å². The highest BCUT2D eigenvalue weighted by Gasteiger charge is 2.23. The van der Waals surface area contributed by atoms with E-state index in [1.807, 2.05) is 30.3 Å². The highest BCUT2D eigenvalue weighted by atomic mass is 16.5. The van der Waals surface area contributed by atoms with Gasteiger partial charge in [-0.05, 0) is 5.56 Å². The molecule has 29 heavy (non-hydrogen) atoms. The van der Waals surface area contributed by atoms with Gasteiger partial charge in [0.2, 0.25) is 5.91 Å². The molecule has 0 saturated carbocycles. The zero-order valence-electron chi connectivity index (χ0n) is 16.3. The topological polar surface area (TPSA) is 117 Å². The van der Waals surface area contributed by atoms with Gasteiger partial charge in [0.15, 0.2) is 11.2 Å². The molecular weight excluding hydrogens is 378 g/mol. The molecule has 152 valence electrons. The monoisotopic (exact) mass is 399 g/mol. The van der Waals surface area contributed by atoms with E-state index in [-0.39, 0.29) is 24.1 Å². The second kappa shape index (κ2) is 8.13. The summed E-state index contributed by atoms with van der Waals surface area (Å²) < 4.78 is 8.32. The lowest BCUT2D eigenvalue weighted by Gasteiger charge is -2.17. The molecule has 3 rings (SSSR count). The zero-order chi connectivity index (χ0) is 21.1. The van der Waals surface area contributed by atoms with Crippen LogP contribution in [-0.4, -0.2) is 43.7 Å². The van der Waals surface area contributed by atoms with Crippen molar-refractivity contribution in [3.05, 3.63) is 63.1 Å². The molecule has 0 aliphatic carbocycles. The highest BCUT2D eigenvalue weighted by Crippen LogP contribution is 2.07. The number of aryl methyl sites for hydroxylation is 1. The van der Waals surface area contributed by atoms with Crippen molar-refractivity contribution in [2.45, 2.75) is 19.0 Å². The maximum Gasteiger partial charge on any atom is 0.332 e. The zero-order valence-corrected chi connectivity index (χ0v) is 16.3. The van der Waals surface area contributed by atoms with Gasteiger partial charge in [0.05, 0.1) is 13.4 Å². The number of hydrogen-bond donors (Lipinski definition) is 1. The number of carbonyl (C=O) groups excluding carboxylic acids is 2. The summed E-state index contributed by atoms with van der Waals surface area (Å²) >= 11 is 0. The molecule has 1 amide bonds. The molecule has 0 unspecified atom stereocenters. The van der Waals surface area contributed by atoms with Crippen LogP contribution in [-0.2, 0) is 41.4 Å². The van der Waals surface area contributed by atoms with E-state index in [1.165, 1.54) is 36.7 Å². The van der Waals surface area contributed by atoms with Crippen molar-refractivity contribution < 1.29 is 14.3 Å². The molecule has 0 fully saturated rings. The first-order chi connectivity index (χ1) is 13.8. The molecule has 0 saturated heterocycles. The number of carbonyl (C=O) groups is 2. The van der Waals surface area contributed by atoms with Crippen molar-refractivity contribution in [1.29, 1.82) is 0 Å².